The van der Waals surface area contributed by atoms with Crippen LogP contribution in [0.2, 0.25) is 0 Å². The molecule has 19 heavy (non-hydrogen) atoms. The van der Waals surface area contributed by atoms with Crippen LogP contribution in [0.25, 0.3) is 0 Å². The Morgan fingerprint density at radius 2 is 2.16 bits per heavy atom. The Morgan fingerprint density at radius 3 is 2.63 bits per heavy atom. The van der Waals surface area contributed by atoms with Crippen molar-refractivity contribution in [2.75, 3.05) is 13.6 Å². The Balaban J connectivity index is 0. The lowest BCUT2D eigenvalue weighted by Crippen LogP contribution is -2.43. The molecule has 1 amide bonds. The quantitative estimate of drug-likeness (QED) is 0.757. The fourth-order valence-electron chi connectivity index (χ4n) is 1.58. The van der Waals surface area contributed by atoms with Crippen molar-refractivity contribution in [2.45, 2.75) is 38.6 Å². The summed E-state index contributed by atoms with van der Waals surface area (Å²) in [6.07, 6.45) is 4.04. The molecule has 1 aromatic rings. The van der Waals surface area contributed by atoms with E-state index in [1.54, 1.807) is 17.5 Å². The smallest absolute Gasteiger partial charge is 0.220 e. The zero-order valence-corrected chi connectivity index (χ0v) is 14.0. The van der Waals surface area contributed by atoms with E-state index in [-0.39, 0.29) is 36.3 Å². The summed E-state index contributed by atoms with van der Waals surface area (Å²) in [4.78, 5) is 16.1. The van der Waals surface area contributed by atoms with E-state index in [0.29, 0.717) is 6.42 Å². The van der Waals surface area contributed by atoms with Crippen molar-refractivity contribution < 1.29 is 4.79 Å². The van der Waals surface area contributed by atoms with E-state index in [1.807, 2.05) is 19.4 Å². The highest BCUT2D eigenvalue weighted by atomic mass is 35.5. The SMILES string of the molecule is CCC(C)(NC(=O)CCCNC)c1nccs1.Cl.Cl. The van der Waals surface area contributed by atoms with Gasteiger partial charge in [-0.15, -0.1) is 36.2 Å². The molecule has 0 bridgehead atoms. The highest BCUT2D eigenvalue weighted by Gasteiger charge is 2.28. The lowest BCUT2D eigenvalue weighted by molar-refractivity contribution is -0.123. The van der Waals surface area contributed by atoms with E-state index >= 15 is 0 Å². The molecule has 1 heterocycles. The van der Waals surface area contributed by atoms with Gasteiger partial charge in [-0.2, -0.15) is 0 Å². The molecular formula is C12H23Cl2N3OS. The van der Waals surface area contributed by atoms with Crippen LogP contribution in [0, 0.1) is 0 Å². The van der Waals surface area contributed by atoms with E-state index in [9.17, 15) is 4.79 Å². The van der Waals surface area contributed by atoms with Crippen LogP contribution in [0.1, 0.15) is 38.1 Å². The number of halogens is 2. The van der Waals surface area contributed by atoms with Gasteiger partial charge in [0.2, 0.25) is 5.91 Å². The molecule has 1 unspecified atom stereocenters. The van der Waals surface area contributed by atoms with Gasteiger partial charge in [0.1, 0.15) is 5.01 Å². The number of hydrogen-bond donors (Lipinski definition) is 2. The fourth-order valence-corrected chi connectivity index (χ4v) is 2.41. The molecular weight excluding hydrogens is 305 g/mol. The summed E-state index contributed by atoms with van der Waals surface area (Å²) in [5.41, 5.74) is -0.328. The van der Waals surface area contributed by atoms with E-state index in [0.717, 1.165) is 24.4 Å². The van der Waals surface area contributed by atoms with Crippen molar-refractivity contribution in [1.82, 2.24) is 15.6 Å². The molecule has 0 aliphatic rings. The van der Waals surface area contributed by atoms with Gasteiger partial charge in [-0.25, -0.2) is 4.98 Å². The number of hydrogen-bond acceptors (Lipinski definition) is 4. The number of nitrogens with one attached hydrogen (secondary N) is 2. The van der Waals surface area contributed by atoms with Crippen molar-refractivity contribution >= 4 is 42.1 Å². The number of carbonyl (C=O) groups excluding carboxylic acids is 1. The molecule has 0 spiro atoms. The van der Waals surface area contributed by atoms with Crippen LogP contribution < -0.4 is 10.6 Å². The second-order valence-corrected chi connectivity index (χ2v) is 5.17. The minimum absolute atomic E-state index is 0. The Labute approximate surface area is 131 Å². The van der Waals surface area contributed by atoms with Gasteiger partial charge in [-0.3, -0.25) is 4.79 Å². The number of aromatic nitrogens is 1. The third kappa shape index (κ3) is 6.56. The average Bonchev–Trinajstić information content (AvgIpc) is 2.83. The summed E-state index contributed by atoms with van der Waals surface area (Å²) in [7, 11) is 1.89. The summed E-state index contributed by atoms with van der Waals surface area (Å²) in [5.74, 6) is 0.0970. The maximum absolute atomic E-state index is 11.8. The van der Waals surface area contributed by atoms with Crippen LogP contribution in [-0.2, 0) is 10.3 Å². The average molecular weight is 328 g/mol. The van der Waals surface area contributed by atoms with Gasteiger partial charge in [0.25, 0.3) is 0 Å². The second-order valence-electron chi connectivity index (χ2n) is 4.28. The van der Waals surface area contributed by atoms with Crippen molar-refractivity contribution in [3.8, 4) is 0 Å². The molecule has 2 N–H and O–H groups in total. The molecule has 0 saturated carbocycles. The number of carbonyl (C=O) groups is 1. The molecule has 0 radical (unpaired) electrons. The molecule has 0 aliphatic carbocycles. The summed E-state index contributed by atoms with van der Waals surface area (Å²) < 4.78 is 0. The number of nitrogens with zero attached hydrogens (tertiary/aromatic N) is 1. The third-order valence-corrected chi connectivity index (χ3v) is 3.89. The zero-order valence-electron chi connectivity index (χ0n) is 11.6. The van der Waals surface area contributed by atoms with Gasteiger partial charge >= 0.3 is 0 Å². The topological polar surface area (TPSA) is 54.0 Å². The summed E-state index contributed by atoms with van der Waals surface area (Å²) in [6.45, 7) is 4.96. The van der Waals surface area contributed by atoms with Crippen molar-refractivity contribution in [3.05, 3.63) is 16.6 Å². The van der Waals surface area contributed by atoms with E-state index in [1.165, 1.54) is 0 Å². The Bertz CT molecular complexity index is 349. The highest BCUT2D eigenvalue weighted by Crippen LogP contribution is 2.26. The molecule has 0 fully saturated rings. The largest absolute Gasteiger partial charge is 0.344 e. The first kappa shape index (κ1) is 20.9. The highest BCUT2D eigenvalue weighted by molar-refractivity contribution is 7.09. The molecule has 4 nitrogen and oxygen atoms in total. The van der Waals surface area contributed by atoms with Crippen molar-refractivity contribution in [1.29, 1.82) is 0 Å². The predicted molar refractivity (Wildman–Crippen MR) is 85.6 cm³/mol. The maximum Gasteiger partial charge on any atom is 0.220 e. The lowest BCUT2D eigenvalue weighted by Gasteiger charge is -2.27. The fraction of sp³-hybridized carbons (Fsp3) is 0.667. The van der Waals surface area contributed by atoms with Crippen LogP contribution in [0.3, 0.4) is 0 Å². The minimum Gasteiger partial charge on any atom is -0.344 e. The number of rotatable bonds is 7. The van der Waals surface area contributed by atoms with Gasteiger partial charge in [0, 0.05) is 18.0 Å². The van der Waals surface area contributed by atoms with Crippen LogP contribution in [0.15, 0.2) is 11.6 Å². The molecule has 112 valence electrons. The van der Waals surface area contributed by atoms with Gasteiger partial charge < -0.3 is 10.6 Å². The minimum atomic E-state index is -0.328. The predicted octanol–water partition coefficient (Wildman–Crippen LogP) is 2.73. The standard InChI is InChI=1S/C12H21N3OS.2ClH/c1-4-12(2,11-14-8-9-17-11)15-10(16)6-5-7-13-3;;/h8-9,13H,4-7H2,1-3H3,(H,15,16);2*1H. The summed E-state index contributed by atoms with van der Waals surface area (Å²) in [6, 6.07) is 0. The van der Waals surface area contributed by atoms with E-state index in [2.05, 4.69) is 22.5 Å². The molecule has 0 aliphatic heterocycles. The van der Waals surface area contributed by atoms with Crippen LogP contribution >= 0.6 is 36.2 Å². The van der Waals surface area contributed by atoms with Crippen molar-refractivity contribution in [3.63, 3.8) is 0 Å². The normalized spacial score (nSPS) is 12.8. The molecule has 1 aromatic heterocycles. The van der Waals surface area contributed by atoms with Gasteiger partial charge in [-0.05, 0) is 33.4 Å². The summed E-state index contributed by atoms with van der Waals surface area (Å²) >= 11 is 1.59. The third-order valence-electron chi connectivity index (χ3n) is 2.86. The number of amides is 1. The number of thiazole rings is 1. The molecule has 7 heteroatoms. The van der Waals surface area contributed by atoms with Gasteiger partial charge in [0.15, 0.2) is 0 Å². The van der Waals surface area contributed by atoms with Crippen LogP contribution in [0.4, 0.5) is 0 Å². The molecule has 1 atom stereocenters. The molecule has 1 rings (SSSR count). The maximum atomic E-state index is 11.8. The van der Waals surface area contributed by atoms with E-state index in [4.69, 9.17) is 0 Å². The van der Waals surface area contributed by atoms with Gasteiger partial charge in [-0.1, -0.05) is 6.92 Å². The Hall–Kier alpha value is -0.360. The second kappa shape index (κ2) is 10.4. The molecule has 0 saturated heterocycles. The monoisotopic (exact) mass is 327 g/mol. The first-order chi connectivity index (χ1) is 8.12. The van der Waals surface area contributed by atoms with Gasteiger partial charge in [0.05, 0.1) is 5.54 Å². The van der Waals surface area contributed by atoms with Crippen LogP contribution in [0.5, 0.6) is 0 Å². The Kier molecular flexibility index (Phi) is 11.5. The lowest BCUT2D eigenvalue weighted by atomic mass is 9.99. The summed E-state index contributed by atoms with van der Waals surface area (Å²) in [5, 5.41) is 9.04. The first-order valence-electron chi connectivity index (χ1n) is 5.98. The van der Waals surface area contributed by atoms with E-state index < -0.39 is 0 Å². The molecule has 0 aromatic carbocycles. The van der Waals surface area contributed by atoms with Crippen LogP contribution in [-0.4, -0.2) is 24.5 Å². The van der Waals surface area contributed by atoms with Crippen molar-refractivity contribution in [2.24, 2.45) is 0 Å². The Morgan fingerprint density at radius 1 is 1.47 bits per heavy atom. The first-order valence-corrected chi connectivity index (χ1v) is 6.86. The zero-order chi connectivity index (χ0) is 12.7.